The van der Waals surface area contributed by atoms with Gasteiger partial charge in [0, 0.05) is 18.9 Å². The fraction of sp³-hybridized carbons (Fsp3) is 0.250. The van der Waals surface area contributed by atoms with Gasteiger partial charge in [0.1, 0.15) is 6.04 Å². The van der Waals surface area contributed by atoms with Gasteiger partial charge in [0.2, 0.25) is 5.91 Å². The van der Waals surface area contributed by atoms with E-state index in [-0.39, 0.29) is 12.5 Å². The molecule has 26 heavy (non-hydrogen) atoms. The smallest absolute Gasteiger partial charge is 0.308 e. The average Bonchev–Trinajstić information content (AvgIpc) is 3.18. The Hall–Kier alpha value is -3.15. The lowest BCUT2D eigenvalue weighted by atomic mass is 9.94. The second-order valence-corrected chi connectivity index (χ2v) is 6.28. The number of carboxylic acids is 1. The van der Waals surface area contributed by atoms with Crippen LogP contribution < -0.4 is 5.32 Å². The van der Waals surface area contributed by atoms with Crippen LogP contribution in [-0.4, -0.2) is 33.3 Å². The second-order valence-electron chi connectivity index (χ2n) is 6.28. The third kappa shape index (κ3) is 3.91. The molecule has 2 atom stereocenters. The Morgan fingerprint density at radius 2 is 1.92 bits per heavy atom. The predicted molar refractivity (Wildman–Crippen MR) is 98.7 cm³/mol. The Morgan fingerprint density at radius 1 is 1.15 bits per heavy atom. The Bertz CT molecular complexity index is 900. The van der Waals surface area contributed by atoms with E-state index in [4.69, 9.17) is 0 Å². The highest BCUT2D eigenvalue weighted by atomic mass is 16.4. The number of aliphatic carboxylic acids is 1. The maximum atomic E-state index is 12.3. The molecule has 0 aliphatic carbocycles. The van der Waals surface area contributed by atoms with Crippen molar-refractivity contribution in [2.45, 2.75) is 19.4 Å². The molecule has 0 saturated heterocycles. The summed E-state index contributed by atoms with van der Waals surface area (Å²) in [5.41, 5.74) is 0.963. The van der Waals surface area contributed by atoms with Crippen molar-refractivity contribution in [1.82, 2.24) is 15.1 Å². The number of aromatic nitrogens is 2. The molecule has 0 radical (unpaired) electrons. The molecular formula is C20H21N3O3. The zero-order valence-electron chi connectivity index (χ0n) is 14.5. The van der Waals surface area contributed by atoms with Crippen LogP contribution in [0.4, 0.5) is 0 Å². The minimum atomic E-state index is -0.926. The molecule has 6 nitrogen and oxygen atoms in total. The number of nitrogens with zero attached hydrogens (tertiary/aromatic N) is 2. The van der Waals surface area contributed by atoms with Crippen LogP contribution in [0.5, 0.6) is 0 Å². The van der Waals surface area contributed by atoms with E-state index in [0.717, 1.165) is 16.3 Å². The third-order valence-corrected chi connectivity index (χ3v) is 4.52. The fourth-order valence-corrected chi connectivity index (χ4v) is 2.98. The van der Waals surface area contributed by atoms with E-state index < -0.39 is 17.9 Å². The number of carbonyl (C=O) groups is 2. The molecular weight excluding hydrogens is 330 g/mol. The van der Waals surface area contributed by atoms with Crippen molar-refractivity contribution in [2.75, 3.05) is 6.54 Å². The quantitative estimate of drug-likeness (QED) is 0.685. The van der Waals surface area contributed by atoms with Gasteiger partial charge in [-0.3, -0.25) is 14.3 Å². The van der Waals surface area contributed by atoms with Gasteiger partial charge < -0.3 is 10.4 Å². The lowest BCUT2D eigenvalue weighted by molar-refractivity contribution is -0.141. The van der Waals surface area contributed by atoms with Gasteiger partial charge in [0.05, 0.1) is 5.92 Å². The van der Waals surface area contributed by atoms with Crippen LogP contribution in [0.3, 0.4) is 0 Å². The molecule has 0 spiro atoms. The van der Waals surface area contributed by atoms with Gasteiger partial charge in [-0.15, -0.1) is 0 Å². The molecule has 2 unspecified atom stereocenters. The maximum Gasteiger partial charge on any atom is 0.308 e. The van der Waals surface area contributed by atoms with Crippen molar-refractivity contribution in [3.63, 3.8) is 0 Å². The fourth-order valence-electron chi connectivity index (χ4n) is 2.98. The largest absolute Gasteiger partial charge is 0.481 e. The molecule has 0 aliphatic heterocycles. The third-order valence-electron chi connectivity index (χ3n) is 4.52. The summed E-state index contributed by atoms with van der Waals surface area (Å²) in [6, 6.07) is 15.0. The van der Waals surface area contributed by atoms with Crippen molar-refractivity contribution in [3.8, 4) is 0 Å². The number of nitrogens with one attached hydrogen (secondary N) is 1. The van der Waals surface area contributed by atoms with Crippen LogP contribution >= 0.6 is 0 Å². The van der Waals surface area contributed by atoms with E-state index in [1.807, 2.05) is 42.5 Å². The molecule has 1 amide bonds. The van der Waals surface area contributed by atoms with Crippen molar-refractivity contribution in [1.29, 1.82) is 0 Å². The summed E-state index contributed by atoms with van der Waals surface area (Å²) in [6.07, 6.45) is 3.66. The van der Waals surface area contributed by atoms with E-state index in [9.17, 15) is 14.7 Å². The van der Waals surface area contributed by atoms with Gasteiger partial charge in [0.25, 0.3) is 0 Å². The number of hydrogen-bond donors (Lipinski definition) is 2. The molecule has 0 bridgehead atoms. The van der Waals surface area contributed by atoms with Crippen LogP contribution in [0, 0.1) is 5.92 Å². The van der Waals surface area contributed by atoms with Gasteiger partial charge >= 0.3 is 5.97 Å². The molecule has 0 fully saturated rings. The summed E-state index contributed by atoms with van der Waals surface area (Å²) in [7, 11) is 0. The van der Waals surface area contributed by atoms with E-state index in [2.05, 4.69) is 10.4 Å². The molecule has 2 N–H and O–H groups in total. The zero-order chi connectivity index (χ0) is 18.5. The van der Waals surface area contributed by atoms with Gasteiger partial charge in [-0.05, 0) is 35.7 Å². The first-order chi connectivity index (χ1) is 12.6. The average molecular weight is 351 g/mol. The monoisotopic (exact) mass is 351 g/mol. The Labute approximate surface area is 151 Å². The topological polar surface area (TPSA) is 84.2 Å². The number of carboxylic acid groups (broad SMARTS) is 1. The number of rotatable bonds is 7. The minimum Gasteiger partial charge on any atom is -0.481 e. The normalized spacial score (nSPS) is 13.3. The van der Waals surface area contributed by atoms with Gasteiger partial charge in [-0.25, -0.2) is 0 Å². The number of fused-ring (bicyclic) bond motifs is 1. The van der Waals surface area contributed by atoms with Crippen molar-refractivity contribution in [2.24, 2.45) is 5.92 Å². The molecule has 6 heteroatoms. The van der Waals surface area contributed by atoms with Crippen LogP contribution in [0.15, 0.2) is 60.9 Å². The lowest BCUT2D eigenvalue weighted by Gasteiger charge is -2.17. The van der Waals surface area contributed by atoms with Crippen LogP contribution in [-0.2, 0) is 16.0 Å². The van der Waals surface area contributed by atoms with Crippen LogP contribution in [0.25, 0.3) is 10.8 Å². The van der Waals surface area contributed by atoms with Gasteiger partial charge in [-0.2, -0.15) is 5.10 Å². The molecule has 0 saturated carbocycles. The number of carbonyl (C=O) groups excluding carboxylic acids is 1. The van der Waals surface area contributed by atoms with Crippen molar-refractivity contribution in [3.05, 3.63) is 66.5 Å². The molecule has 0 aliphatic rings. The summed E-state index contributed by atoms with van der Waals surface area (Å²) >= 11 is 0. The first-order valence-corrected chi connectivity index (χ1v) is 8.52. The SMILES string of the molecule is CC(C(=O)NCC(Cc1cccc2ccccc12)C(=O)O)n1cccn1. The number of amides is 1. The van der Waals surface area contributed by atoms with Crippen LogP contribution in [0.1, 0.15) is 18.5 Å². The van der Waals surface area contributed by atoms with E-state index in [1.54, 1.807) is 25.4 Å². The van der Waals surface area contributed by atoms with E-state index >= 15 is 0 Å². The predicted octanol–water partition coefficient (Wildman–Crippen LogP) is 2.66. The lowest BCUT2D eigenvalue weighted by Crippen LogP contribution is -2.37. The molecule has 1 heterocycles. The Morgan fingerprint density at radius 3 is 2.65 bits per heavy atom. The Balaban J connectivity index is 1.69. The highest BCUT2D eigenvalue weighted by Crippen LogP contribution is 2.21. The Kier molecular flexibility index (Phi) is 5.31. The summed E-state index contributed by atoms with van der Waals surface area (Å²) in [4.78, 5) is 24.0. The maximum absolute atomic E-state index is 12.3. The van der Waals surface area contributed by atoms with Crippen molar-refractivity contribution < 1.29 is 14.7 Å². The summed E-state index contributed by atoms with van der Waals surface area (Å²) < 4.78 is 1.54. The molecule has 2 aromatic carbocycles. The number of benzene rings is 2. The zero-order valence-corrected chi connectivity index (χ0v) is 14.5. The molecule has 3 rings (SSSR count). The second kappa shape index (κ2) is 7.82. The summed E-state index contributed by atoms with van der Waals surface area (Å²) in [5.74, 6) is -1.88. The van der Waals surface area contributed by atoms with Crippen molar-refractivity contribution >= 4 is 22.6 Å². The molecule has 3 aromatic rings. The molecule has 1 aromatic heterocycles. The van der Waals surface area contributed by atoms with Crippen LogP contribution in [0.2, 0.25) is 0 Å². The summed E-state index contributed by atoms with van der Waals surface area (Å²) in [5, 5.41) is 18.5. The molecule has 134 valence electrons. The minimum absolute atomic E-state index is 0.0724. The van der Waals surface area contributed by atoms with E-state index in [1.165, 1.54) is 4.68 Å². The summed E-state index contributed by atoms with van der Waals surface area (Å²) in [6.45, 7) is 1.80. The number of hydrogen-bond acceptors (Lipinski definition) is 3. The highest BCUT2D eigenvalue weighted by molar-refractivity contribution is 5.86. The standard InChI is InChI=1S/C20H21N3O3/c1-14(23-11-5-10-22-23)19(24)21-13-17(20(25)26)12-16-8-4-7-15-6-2-3-9-18(15)16/h2-11,14,17H,12-13H2,1H3,(H,21,24)(H,25,26). The highest BCUT2D eigenvalue weighted by Gasteiger charge is 2.22. The van der Waals surface area contributed by atoms with Gasteiger partial charge in [-0.1, -0.05) is 42.5 Å². The first-order valence-electron chi connectivity index (χ1n) is 8.52. The van der Waals surface area contributed by atoms with Gasteiger partial charge in [0.15, 0.2) is 0 Å². The first kappa shape index (κ1) is 17.7. The van der Waals surface area contributed by atoms with E-state index in [0.29, 0.717) is 6.42 Å².